The number of nitrogens with zero attached hydrogens (tertiary/aromatic N) is 1. The Morgan fingerprint density at radius 3 is 2.46 bits per heavy atom. The second-order valence-corrected chi connectivity index (χ2v) is 14.7. The van der Waals surface area contributed by atoms with Crippen LogP contribution >= 0.6 is 34.7 Å². The number of hydrogen-bond acceptors (Lipinski definition) is 8. The number of nitrogens with one attached hydrogen (secondary N) is 2. The normalized spacial score (nSPS) is 27.3. The topological polar surface area (TPSA) is 118 Å². The summed E-state index contributed by atoms with van der Waals surface area (Å²) in [6.45, 7) is -0.202. The number of benzene rings is 3. The second kappa shape index (κ2) is 11.3. The lowest BCUT2D eigenvalue weighted by Gasteiger charge is -2.43. The molecule has 9 nitrogen and oxygen atoms in total. The Kier molecular flexibility index (Phi) is 7.23. The van der Waals surface area contributed by atoms with Crippen LogP contribution in [0.4, 0.5) is 11.4 Å². The largest absolute Gasteiger partial charge is 0.493 e. The van der Waals surface area contributed by atoms with Crippen molar-refractivity contribution in [2.75, 3.05) is 23.9 Å². The van der Waals surface area contributed by atoms with Gasteiger partial charge in [0.15, 0.2) is 18.1 Å². The summed E-state index contributed by atoms with van der Waals surface area (Å²) in [5.41, 5.74) is 2.15. The molecule has 3 fully saturated rings. The monoisotopic (exact) mass is 673 g/mol. The van der Waals surface area contributed by atoms with Gasteiger partial charge in [0.2, 0.25) is 11.8 Å². The number of fused-ring (bicyclic) bond motifs is 9. The highest BCUT2D eigenvalue weighted by atomic mass is 35.5. The van der Waals surface area contributed by atoms with Gasteiger partial charge in [-0.3, -0.25) is 24.1 Å². The molecule has 0 unspecified atom stereocenters. The third-order valence-corrected chi connectivity index (χ3v) is 12.6. The molecule has 0 spiro atoms. The first-order chi connectivity index (χ1) is 22.3. The van der Waals surface area contributed by atoms with Crippen LogP contribution in [0.1, 0.15) is 22.8 Å². The number of thioether (sulfide) groups is 1. The first-order valence-corrected chi connectivity index (χ1v) is 17.1. The molecule has 3 heterocycles. The van der Waals surface area contributed by atoms with Crippen molar-refractivity contribution in [2.45, 2.75) is 22.6 Å². The van der Waals surface area contributed by atoms with E-state index in [1.165, 1.54) is 16.2 Å². The highest BCUT2D eigenvalue weighted by molar-refractivity contribution is 8.00. The number of hydrogen-bond donors (Lipinski definition) is 2. The van der Waals surface area contributed by atoms with Crippen LogP contribution in [-0.2, 0) is 14.4 Å². The van der Waals surface area contributed by atoms with E-state index < -0.39 is 5.92 Å². The zero-order valence-electron chi connectivity index (χ0n) is 24.5. The van der Waals surface area contributed by atoms with Crippen molar-refractivity contribution in [3.8, 4) is 11.5 Å². The molecule has 8 rings (SSSR count). The third kappa shape index (κ3) is 4.66. The van der Waals surface area contributed by atoms with Gasteiger partial charge in [-0.25, -0.2) is 0 Å². The Labute approximate surface area is 277 Å². The summed E-state index contributed by atoms with van der Waals surface area (Å²) in [6, 6.07) is 21.6. The molecule has 7 atom stereocenters. The van der Waals surface area contributed by atoms with Crippen molar-refractivity contribution in [1.82, 2.24) is 4.98 Å². The average Bonchev–Trinajstić information content (AvgIpc) is 3.80. The standard InChI is InChI=1S/C34H28ClN3O6S2/c1-43-23-13-16(7-12-22(23)44-15-24(39)36-18-5-3-2-4-6-18)25-26-20-14-21(29(26)45-31-30(25)46-34(42)37-31)28-27(20)32(40)38(33(28)41)19-10-8-17(35)9-11-19/h2-13,20-21,25-29H,14-15H2,1H3,(H,36,39)(H,37,42)/t20-,21-,25+,26-,27+,28+,29-/m1/s1. The van der Waals surface area contributed by atoms with E-state index in [0.717, 1.165) is 21.9 Å². The number of aromatic amines is 1. The highest BCUT2D eigenvalue weighted by Gasteiger charge is 2.69. The summed E-state index contributed by atoms with van der Waals surface area (Å²) in [5, 5.41) is 4.23. The predicted octanol–water partition coefficient (Wildman–Crippen LogP) is 5.79. The van der Waals surface area contributed by atoms with Crippen LogP contribution in [-0.4, -0.2) is 41.7 Å². The summed E-state index contributed by atoms with van der Waals surface area (Å²) in [7, 11) is 1.55. The lowest BCUT2D eigenvalue weighted by molar-refractivity contribution is -0.123. The molecule has 2 aliphatic carbocycles. The molecule has 4 aliphatic rings. The van der Waals surface area contributed by atoms with Crippen LogP contribution in [0.2, 0.25) is 5.02 Å². The predicted molar refractivity (Wildman–Crippen MR) is 176 cm³/mol. The van der Waals surface area contributed by atoms with Crippen LogP contribution in [0.15, 0.2) is 82.6 Å². The fraction of sp³-hybridized carbons (Fsp3) is 0.294. The van der Waals surface area contributed by atoms with Gasteiger partial charge in [0.05, 0.1) is 29.7 Å². The van der Waals surface area contributed by atoms with E-state index in [0.29, 0.717) is 27.9 Å². The van der Waals surface area contributed by atoms with E-state index in [4.69, 9.17) is 21.1 Å². The Hall–Kier alpha value is -4.06. The first kappa shape index (κ1) is 29.3. The number of aromatic nitrogens is 1. The minimum absolute atomic E-state index is 0.00503. The van der Waals surface area contributed by atoms with E-state index in [-0.39, 0.29) is 64.0 Å². The third-order valence-electron chi connectivity index (χ3n) is 9.77. The molecule has 2 saturated carbocycles. The summed E-state index contributed by atoms with van der Waals surface area (Å²) < 4.78 is 11.6. The van der Waals surface area contributed by atoms with E-state index in [2.05, 4.69) is 10.3 Å². The van der Waals surface area contributed by atoms with Crippen molar-refractivity contribution < 1.29 is 23.9 Å². The number of halogens is 1. The van der Waals surface area contributed by atoms with Crippen LogP contribution < -0.4 is 24.6 Å². The molecule has 1 saturated heterocycles. The molecule has 12 heteroatoms. The number of para-hydroxylation sites is 1. The molecule has 234 valence electrons. The van der Waals surface area contributed by atoms with Gasteiger partial charge in [-0.05, 0) is 78.3 Å². The lowest BCUT2D eigenvalue weighted by Crippen LogP contribution is -2.42. The maximum absolute atomic E-state index is 14.0. The molecular weight excluding hydrogens is 646 g/mol. The minimum Gasteiger partial charge on any atom is -0.493 e. The number of amides is 3. The van der Waals surface area contributed by atoms with Gasteiger partial charge in [0.25, 0.3) is 5.91 Å². The smallest absolute Gasteiger partial charge is 0.305 e. The van der Waals surface area contributed by atoms with E-state index >= 15 is 0 Å². The summed E-state index contributed by atoms with van der Waals surface area (Å²) in [6.07, 6.45) is 0.786. The number of imide groups is 1. The number of methoxy groups -OCH3 is 1. The van der Waals surface area contributed by atoms with Gasteiger partial charge in [0, 0.05) is 26.8 Å². The molecule has 3 amide bonds. The molecule has 2 bridgehead atoms. The van der Waals surface area contributed by atoms with Crippen LogP contribution in [0.3, 0.4) is 0 Å². The Morgan fingerprint density at radius 2 is 1.72 bits per heavy atom. The van der Waals surface area contributed by atoms with Crippen molar-refractivity contribution >= 4 is 63.8 Å². The highest BCUT2D eigenvalue weighted by Crippen LogP contribution is 2.68. The van der Waals surface area contributed by atoms with Gasteiger partial charge in [0.1, 0.15) is 0 Å². The SMILES string of the molecule is COc1cc([C@@H]2c3sc(=O)[nH]c3S[C@@H]3[C@@H]4C[C@@H]([C@@H]5C(=O)N(c6ccc(Cl)cc6)C(=O)[C@@H]45)[C@H]23)ccc1OCC(=O)Nc1ccccc1. The number of carbonyl (C=O) groups is 3. The Balaban J connectivity index is 1.10. The Bertz CT molecular complexity index is 1930. The molecule has 1 aromatic heterocycles. The number of carbonyl (C=O) groups excluding carboxylic acids is 3. The van der Waals surface area contributed by atoms with Gasteiger partial charge in [-0.15, -0.1) is 11.8 Å². The van der Waals surface area contributed by atoms with Crippen molar-refractivity contribution in [3.05, 3.63) is 97.9 Å². The van der Waals surface area contributed by atoms with E-state index in [1.54, 1.807) is 61.3 Å². The quantitative estimate of drug-likeness (QED) is 0.238. The maximum Gasteiger partial charge on any atom is 0.305 e. The van der Waals surface area contributed by atoms with Gasteiger partial charge in [-0.1, -0.05) is 47.2 Å². The van der Waals surface area contributed by atoms with Gasteiger partial charge < -0.3 is 19.8 Å². The Morgan fingerprint density at radius 1 is 0.978 bits per heavy atom. The fourth-order valence-electron chi connectivity index (χ4n) is 8.09. The van der Waals surface area contributed by atoms with Crippen molar-refractivity contribution in [2.24, 2.45) is 29.6 Å². The van der Waals surface area contributed by atoms with Crippen molar-refractivity contribution in [3.63, 3.8) is 0 Å². The lowest BCUT2D eigenvalue weighted by atomic mass is 9.68. The molecule has 2 aliphatic heterocycles. The van der Waals surface area contributed by atoms with E-state index in [9.17, 15) is 19.2 Å². The second-order valence-electron chi connectivity index (χ2n) is 12.1. The minimum atomic E-state index is -0.414. The first-order valence-electron chi connectivity index (χ1n) is 15.0. The van der Waals surface area contributed by atoms with Crippen molar-refractivity contribution in [1.29, 1.82) is 0 Å². The fourth-order valence-corrected chi connectivity index (χ4v) is 11.1. The number of ether oxygens (including phenoxy) is 2. The molecule has 2 N–H and O–H groups in total. The average molecular weight is 674 g/mol. The number of anilines is 2. The molecule has 4 aromatic rings. The number of H-pyrrole nitrogens is 1. The molecule has 0 radical (unpaired) electrons. The molecule has 3 aromatic carbocycles. The summed E-state index contributed by atoms with van der Waals surface area (Å²) in [5.74, 6) is -0.697. The van der Waals surface area contributed by atoms with Gasteiger partial charge in [-0.2, -0.15) is 0 Å². The zero-order chi connectivity index (χ0) is 31.7. The van der Waals surface area contributed by atoms with E-state index in [1.807, 2.05) is 30.3 Å². The van der Waals surface area contributed by atoms with Gasteiger partial charge >= 0.3 is 4.87 Å². The van der Waals surface area contributed by atoms with Crippen LogP contribution in [0.5, 0.6) is 11.5 Å². The zero-order valence-corrected chi connectivity index (χ0v) is 26.9. The number of thiazole rings is 1. The van der Waals surface area contributed by atoms with Crippen LogP contribution in [0, 0.1) is 29.6 Å². The molecule has 46 heavy (non-hydrogen) atoms. The maximum atomic E-state index is 14.0. The summed E-state index contributed by atoms with van der Waals surface area (Å²) in [4.78, 5) is 58.2. The number of rotatable bonds is 7. The summed E-state index contributed by atoms with van der Waals surface area (Å²) >= 11 is 8.92. The molecular formula is C34H28ClN3O6S2. The van der Waals surface area contributed by atoms with Crippen LogP contribution in [0.25, 0.3) is 0 Å².